The lowest BCUT2D eigenvalue weighted by molar-refractivity contribution is 0.608. The second-order valence-electron chi connectivity index (χ2n) is 2.94. The highest BCUT2D eigenvalue weighted by Gasteiger charge is 2.06. The summed E-state index contributed by atoms with van der Waals surface area (Å²) < 4.78 is 15.5. The van der Waals surface area contributed by atoms with E-state index in [0.717, 1.165) is 0 Å². The van der Waals surface area contributed by atoms with Crippen LogP contribution in [-0.2, 0) is 0 Å². The molecule has 0 unspecified atom stereocenters. The van der Waals surface area contributed by atoms with Crippen LogP contribution in [0.25, 0.3) is 5.69 Å². The van der Waals surface area contributed by atoms with Crippen molar-refractivity contribution in [2.24, 2.45) is 0 Å². The number of hydrogen-bond acceptors (Lipinski definition) is 2. The molecule has 0 saturated carbocycles. The first-order chi connectivity index (χ1) is 6.70. The minimum absolute atomic E-state index is 0.273. The zero-order valence-electron chi connectivity index (χ0n) is 7.49. The topological polar surface area (TPSA) is 33.6 Å². The van der Waals surface area contributed by atoms with Crippen LogP contribution in [0.1, 0.15) is 5.56 Å². The molecule has 0 saturated heterocycles. The Kier molecular flexibility index (Phi) is 2.17. The van der Waals surface area contributed by atoms with E-state index in [-0.39, 0.29) is 5.82 Å². The molecule has 5 heteroatoms. The van der Waals surface area contributed by atoms with Crippen molar-refractivity contribution < 1.29 is 4.39 Å². The summed E-state index contributed by atoms with van der Waals surface area (Å²) in [6.07, 6.45) is 1.46. The highest BCUT2D eigenvalue weighted by atomic mass is 32.1. The van der Waals surface area contributed by atoms with E-state index >= 15 is 0 Å². The summed E-state index contributed by atoms with van der Waals surface area (Å²) in [5, 5.41) is 6.31. The summed E-state index contributed by atoms with van der Waals surface area (Å²) >= 11 is 4.95. The molecule has 72 valence electrons. The summed E-state index contributed by atoms with van der Waals surface area (Å²) in [5.41, 5.74) is 1.01. The number of aromatic amines is 1. The van der Waals surface area contributed by atoms with Crippen LogP contribution in [0.15, 0.2) is 24.5 Å². The lowest BCUT2D eigenvalue weighted by Gasteiger charge is -2.04. The molecule has 2 rings (SSSR count). The minimum atomic E-state index is -0.273. The third-order valence-corrected chi connectivity index (χ3v) is 2.27. The van der Waals surface area contributed by atoms with E-state index in [2.05, 4.69) is 10.2 Å². The number of nitrogens with one attached hydrogen (secondary N) is 1. The summed E-state index contributed by atoms with van der Waals surface area (Å²) in [6, 6.07) is 5.15. The van der Waals surface area contributed by atoms with Crippen LogP contribution >= 0.6 is 12.2 Å². The zero-order valence-corrected chi connectivity index (χ0v) is 8.31. The Labute approximate surface area is 85.2 Å². The van der Waals surface area contributed by atoms with Gasteiger partial charge in [-0.3, -0.25) is 9.67 Å². The molecule has 0 bridgehead atoms. The third kappa shape index (κ3) is 1.35. The molecule has 0 aliphatic rings. The van der Waals surface area contributed by atoms with E-state index in [9.17, 15) is 4.39 Å². The van der Waals surface area contributed by atoms with Crippen molar-refractivity contribution in [3.63, 3.8) is 0 Å². The Morgan fingerprint density at radius 2 is 2.29 bits per heavy atom. The maximum Gasteiger partial charge on any atom is 0.199 e. The molecule has 1 heterocycles. The molecule has 0 amide bonds. The van der Waals surface area contributed by atoms with Crippen LogP contribution < -0.4 is 0 Å². The van der Waals surface area contributed by atoms with Gasteiger partial charge in [-0.2, -0.15) is 5.10 Å². The van der Waals surface area contributed by atoms with Crippen LogP contribution in [0.3, 0.4) is 0 Å². The molecular formula is C9H8FN3S. The van der Waals surface area contributed by atoms with E-state index < -0.39 is 0 Å². The monoisotopic (exact) mass is 209 g/mol. The number of hydrogen-bond donors (Lipinski definition) is 1. The van der Waals surface area contributed by atoms with Gasteiger partial charge in [0.05, 0.1) is 5.69 Å². The molecule has 1 aromatic heterocycles. The maximum atomic E-state index is 13.6. The van der Waals surface area contributed by atoms with Gasteiger partial charge in [0.2, 0.25) is 0 Å². The summed E-state index contributed by atoms with van der Waals surface area (Å²) in [7, 11) is 0. The van der Waals surface area contributed by atoms with Crippen LogP contribution in [0.5, 0.6) is 0 Å². The van der Waals surface area contributed by atoms with Gasteiger partial charge in [-0.15, -0.1) is 0 Å². The van der Waals surface area contributed by atoms with Crippen LogP contribution in [0, 0.1) is 17.5 Å². The Morgan fingerprint density at radius 3 is 2.93 bits per heavy atom. The zero-order chi connectivity index (χ0) is 10.1. The second kappa shape index (κ2) is 3.34. The molecule has 0 fully saturated rings. The van der Waals surface area contributed by atoms with Gasteiger partial charge in [-0.05, 0) is 30.8 Å². The molecule has 0 radical (unpaired) electrons. The first-order valence-electron chi connectivity index (χ1n) is 4.07. The van der Waals surface area contributed by atoms with Gasteiger partial charge in [0.1, 0.15) is 12.1 Å². The number of rotatable bonds is 1. The van der Waals surface area contributed by atoms with E-state index in [0.29, 0.717) is 16.0 Å². The molecule has 0 spiro atoms. The number of nitrogens with zero attached hydrogens (tertiary/aromatic N) is 2. The fourth-order valence-electron chi connectivity index (χ4n) is 1.24. The van der Waals surface area contributed by atoms with E-state index in [1.54, 1.807) is 25.1 Å². The van der Waals surface area contributed by atoms with Crippen LogP contribution in [0.2, 0.25) is 0 Å². The number of aryl methyl sites for hydroxylation is 1. The normalized spacial score (nSPS) is 10.4. The van der Waals surface area contributed by atoms with Crippen molar-refractivity contribution in [3.05, 3.63) is 40.7 Å². The summed E-state index contributed by atoms with van der Waals surface area (Å²) in [6.45, 7) is 1.71. The number of benzene rings is 1. The lowest BCUT2D eigenvalue weighted by atomic mass is 10.2. The van der Waals surface area contributed by atoms with E-state index in [4.69, 9.17) is 12.2 Å². The lowest BCUT2D eigenvalue weighted by Crippen LogP contribution is -1.97. The molecule has 0 aliphatic heterocycles. The largest absolute Gasteiger partial charge is 0.272 e. The van der Waals surface area contributed by atoms with Gasteiger partial charge in [0.25, 0.3) is 0 Å². The third-order valence-electron chi connectivity index (χ3n) is 1.98. The average molecular weight is 209 g/mol. The molecule has 3 nitrogen and oxygen atoms in total. The predicted octanol–water partition coefficient (Wildman–Crippen LogP) is 2.38. The standard InChI is InChI=1S/C9H8FN3S/c1-6-3-2-4-7(8(6)10)13-5-11-12-9(13)14/h2-5H,1H3,(H,12,14). The van der Waals surface area contributed by atoms with Gasteiger partial charge in [0, 0.05) is 0 Å². The van der Waals surface area contributed by atoms with Gasteiger partial charge >= 0.3 is 0 Å². The fraction of sp³-hybridized carbons (Fsp3) is 0.111. The molecule has 1 N–H and O–H groups in total. The van der Waals surface area contributed by atoms with Crippen molar-refractivity contribution in [1.29, 1.82) is 0 Å². The number of aromatic nitrogens is 3. The fourth-order valence-corrected chi connectivity index (χ4v) is 1.44. The van der Waals surface area contributed by atoms with Gasteiger partial charge in [-0.1, -0.05) is 12.1 Å². The van der Waals surface area contributed by atoms with Gasteiger partial charge in [0.15, 0.2) is 4.77 Å². The first-order valence-corrected chi connectivity index (χ1v) is 4.48. The highest BCUT2D eigenvalue weighted by Crippen LogP contribution is 2.15. The Hall–Kier alpha value is -1.49. The van der Waals surface area contributed by atoms with E-state index in [1.807, 2.05) is 0 Å². The molecule has 0 aliphatic carbocycles. The molecule has 1 aromatic carbocycles. The smallest absolute Gasteiger partial charge is 0.199 e. The Bertz CT molecular complexity index is 515. The van der Waals surface area contributed by atoms with Crippen molar-refractivity contribution in [3.8, 4) is 5.69 Å². The van der Waals surface area contributed by atoms with Crippen LogP contribution in [0.4, 0.5) is 4.39 Å². The second-order valence-corrected chi connectivity index (χ2v) is 3.33. The predicted molar refractivity (Wildman–Crippen MR) is 53.4 cm³/mol. The Balaban J connectivity index is 2.69. The van der Waals surface area contributed by atoms with Gasteiger partial charge < -0.3 is 0 Å². The highest BCUT2D eigenvalue weighted by molar-refractivity contribution is 7.71. The first kappa shape index (κ1) is 9.08. The van der Waals surface area contributed by atoms with Gasteiger partial charge in [-0.25, -0.2) is 4.39 Å². The SMILES string of the molecule is Cc1cccc(-n2cn[nH]c2=S)c1F. The maximum absolute atomic E-state index is 13.6. The quantitative estimate of drug-likeness (QED) is 0.731. The Morgan fingerprint density at radius 1 is 1.50 bits per heavy atom. The number of H-pyrrole nitrogens is 1. The van der Waals surface area contributed by atoms with Crippen molar-refractivity contribution in [2.45, 2.75) is 6.92 Å². The van der Waals surface area contributed by atoms with Crippen molar-refractivity contribution >= 4 is 12.2 Å². The van der Waals surface area contributed by atoms with Crippen molar-refractivity contribution in [2.75, 3.05) is 0 Å². The average Bonchev–Trinajstić information content (AvgIpc) is 2.57. The van der Waals surface area contributed by atoms with E-state index in [1.165, 1.54) is 10.9 Å². The van der Waals surface area contributed by atoms with Crippen molar-refractivity contribution in [1.82, 2.24) is 14.8 Å². The van der Waals surface area contributed by atoms with Crippen LogP contribution in [-0.4, -0.2) is 14.8 Å². The molecule has 14 heavy (non-hydrogen) atoms. The molecule has 2 aromatic rings. The molecular weight excluding hydrogens is 201 g/mol. The summed E-state index contributed by atoms with van der Waals surface area (Å²) in [5.74, 6) is -0.273. The minimum Gasteiger partial charge on any atom is -0.272 e. The summed E-state index contributed by atoms with van der Waals surface area (Å²) in [4.78, 5) is 0. The molecule has 0 atom stereocenters. The number of halogens is 1.